The van der Waals surface area contributed by atoms with Crippen molar-refractivity contribution in [1.82, 2.24) is 14.9 Å². The van der Waals surface area contributed by atoms with E-state index in [1.807, 2.05) is 6.92 Å². The number of hydrogen-bond acceptors (Lipinski definition) is 5. The summed E-state index contributed by atoms with van der Waals surface area (Å²) in [6, 6.07) is 3.08. The lowest BCUT2D eigenvalue weighted by atomic mass is 10.2. The van der Waals surface area contributed by atoms with Gasteiger partial charge in [0.25, 0.3) is 0 Å². The third kappa shape index (κ3) is 3.28. The average Bonchev–Trinajstić information content (AvgIpc) is 2.50. The molecule has 3 rings (SSSR count). The summed E-state index contributed by atoms with van der Waals surface area (Å²) in [6.45, 7) is 6.35. The van der Waals surface area contributed by atoms with Gasteiger partial charge in [0.15, 0.2) is 11.6 Å². The molecule has 1 fully saturated rings. The second-order valence-electron chi connectivity index (χ2n) is 5.06. The third-order valence-corrected chi connectivity index (χ3v) is 3.66. The number of nitrogens with zero attached hydrogens (tertiary/aromatic N) is 3. The van der Waals surface area contributed by atoms with Crippen molar-refractivity contribution in [3.8, 4) is 5.75 Å². The first-order valence-electron chi connectivity index (χ1n) is 7.08. The Hall–Kier alpha value is -1.79. The maximum Gasteiger partial charge on any atom is 0.165 e. The summed E-state index contributed by atoms with van der Waals surface area (Å²) < 4.78 is 24.9. The number of morpholine rings is 1. The van der Waals surface area contributed by atoms with Gasteiger partial charge in [0.2, 0.25) is 0 Å². The second kappa shape index (κ2) is 6.32. The van der Waals surface area contributed by atoms with Crippen LogP contribution in [0.5, 0.6) is 5.75 Å². The molecule has 0 saturated carbocycles. The number of ether oxygens (including phenoxy) is 2. The Labute approximate surface area is 122 Å². The molecular formula is C15H18FN3O2. The van der Waals surface area contributed by atoms with Crippen LogP contribution in [0, 0.1) is 12.7 Å². The van der Waals surface area contributed by atoms with Gasteiger partial charge < -0.3 is 9.47 Å². The molecule has 0 radical (unpaired) electrons. The van der Waals surface area contributed by atoms with E-state index in [9.17, 15) is 4.39 Å². The van der Waals surface area contributed by atoms with Gasteiger partial charge in [-0.1, -0.05) is 0 Å². The zero-order valence-corrected chi connectivity index (χ0v) is 12.0. The molecule has 2 heterocycles. The molecule has 1 aromatic heterocycles. The summed E-state index contributed by atoms with van der Waals surface area (Å²) in [5, 5.41) is 0.718. The fourth-order valence-corrected chi connectivity index (χ4v) is 2.41. The van der Waals surface area contributed by atoms with Crippen LogP contribution in [0.15, 0.2) is 18.5 Å². The molecule has 0 atom stereocenters. The Morgan fingerprint density at radius 1 is 1.29 bits per heavy atom. The second-order valence-corrected chi connectivity index (χ2v) is 5.06. The van der Waals surface area contributed by atoms with E-state index >= 15 is 0 Å². The molecule has 0 unspecified atom stereocenters. The van der Waals surface area contributed by atoms with E-state index in [0.29, 0.717) is 12.1 Å². The average molecular weight is 291 g/mol. The van der Waals surface area contributed by atoms with E-state index in [-0.39, 0.29) is 11.6 Å². The molecule has 0 N–H and O–H groups in total. The zero-order valence-electron chi connectivity index (χ0n) is 12.0. The molecule has 5 nitrogen and oxygen atoms in total. The van der Waals surface area contributed by atoms with Crippen LogP contribution >= 0.6 is 0 Å². The Kier molecular flexibility index (Phi) is 4.26. The predicted molar refractivity (Wildman–Crippen MR) is 77.0 cm³/mol. The van der Waals surface area contributed by atoms with Crippen LogP contribution in [0.4, 0.5) is 4.39 Å². The highest BCUT2D eigenvalue weighted by atomic mass is 19.1. The van der Waals surface area contributed by atoms with Crippen molar-refractivity contribution < 1.29 is 13.9 Å². The van der Waals surface area contributed by atoms with Crippen LogP contribution in [-0.4, -0.2) is 54.3 Å². The Bertz CT molecular complexity index is 630. The van der Waals surface area contributed by atoms with Crippen molar-refractivity contribution in [2.24, 2.45) is 0 Å². The van der Waals surface area contributed by atoms with Gasteiger partial charge in [-0.15, -0.1) is 0 Å². The largest absolute Gasteiger partial charge is 0.489 e. The minimum Gasteiger partial charge on any atom is -0.489 e. The number of halogens is 1. The van der Waals surface area contributed by atoms with Crippen LogP contribution < -0.4 is 4.74 Å². The third-order valence-electron chi connectivity index (χ3n) is 3.66. The summed E-state index contributed by atoms with van der Waals surface area (Å²) in [5.74, 6) is -0.128. The van der Waals surface area contributed by atoms with Gasteiger partial charge in [0.1, 0.15) is 12.9 Å². The van der Waals surface area contributed by atoms with Crippen molar-refractivity contribution in [2.45, 2.75) is 6.92 Å². The topological polar surface area (TPSA) is 47.5 Å². The van der Waals surface area contributed by atoms with Gasteiger partial charge in [-0.3, -0.25) is 4.90 Å². The SMILES string of the molecule is Cc1ncnc2cc(OCCN3CCOCC3)c(F)cc12. The Balaban J connectivity index is 1.67. The molecule has 1 saturated heterocycles. The van der Waals surface area contributed by atoms with Crippen LogP contribution in [0.3, 0.4) is 0 Å². The molecule has 6 heteroatoms. The van der Waals surface area contributed by atoms with Crippen LogP contribution in [-0.2, 0) is 4.74 Å². The van der Waals surface area contributed by atoms with E-state index in [1.54, 1.807) is 6.07 Å². The molecule has 0 amide bonds. The van der Waals surface area contributed by atoms with E-state index in [2.05, 4.69) is 14.9 Å². The molecule has 0 spiro atoms. The van der Waals surface area contributed by atoms with Gasteiger partial charge >= 0.3 is 0 Å². The normalized spacial score (nSPS) is 16.3. The summed E-state index contributed by atoms with van der Waals surface area (Å²) >= 11 is 0. The van der Waals surface area contributed by atoms with Gasteiger partial charge in [-0.25, -0.2) is 14.4 Å². The molecular weight excluding hydrogens is 273 g/mol. The van der Waals surface area contributed by atoms with Crippen molar-refractivity contribution in [2.75, 3.05) is 39.5 Å². The van der Waals surface area contributed by atoms with Gasteiger partial charge in [0, 0.05) is 36.8 Å². The maximum absolute atomic E-state index is 14.1. The smallest absolute Gasteiger partial charge is 0.165 e. The minimum atomic E-state index is -0.373. The van der Waals surface area contributed by atoms with Crippen molar-refractivity contribution in [1.29, 1.82) is 0 Å². The number of aromatic nitrogens is 2. The van der Waals surface area contributed by atoms with Crippen molar-refractivity contribution in [3.63, 3.8) is 0 Å². The fraction of sp³-hybridized carbons (Fsp3) is 0.467. The summed E-state index contributed by atoms with van der Waals surface area (Å²) in [7, 11) is 0. The van der Waals surface area contributed by atoms with Crippen LogP contribution in [0.25, 0.3) is 10.9 Å². The number of rotatable bonds is 4. The lowest BCUT2D eigenvalue weighted by Gasteiger charge is -2.26. The number of fused-ring (bicyclic) bond motifs is 1. The van der Waals surface area contributed by atoms with Crippen molar-refractivity contribution in [3.05, 3.63) is 30.0 Å². The molecule has 2 aromatic rings. The monoisotopic (exact) mass is 291 g/mol. The quantitative estimate of drug-likeness (QED) is 0.859. The van der Waals surface area contributed by atoms with Crippen LogP contribution in [0.1, 0.15) is 5.69 Å². The van der Waals surface area contributed by atoms with Crippen molar-refractivity contribution >= 4 is 10.9 Å². The first kappa shape index (κ1) is 14.2. The predicted octanol–water partition coefficient (Wildman–Crippen LogP) is 1.79. The van der Waals surface area contributed by atoms with E-state index in [1.165, 1.54) is 12.4 Å². The molecule has 112 valence electrons. The van der Waals surface area contributed by atoms with E-state index < -0.39 is 0 Å². The summed E-state index contributed by atoms with van der Waals surface area (Å²) in [5.41, 5.74) is 1.46. The molecule has 0 bridgehead atoms. The number of hydrogen-bond donors (Lipinski definition) is 0. The number of aryl methyl sites for hydroxylation is 1. The highest BCUT2D eigenvalue weighted by molar-refractivity contribution is 5.82. The van der Waals surface area contributed by atoms with E-state index in [0.717, 1.165) is 43.9 Å². The van der Waals surface area contributed by atoms with Gasteiger partial charge in [-0.05, 0) is 13.0 Å². The molecule has 1 aromatic carbocycles. The van der Waals surface area contributed by atoms with E-state index in [4.69, 9.17) is 9.47 Å². The lowest BCUT2D eigenvalue weighted by molar-refractivity contribution is 0.0320. The fourth-order valence-electron chi connectivity index (χ4n) is 2.41. The number of benzene rings is 1. The zero-order chi connectivity index (χ0) is 14.7. The molecule has 21 heavy (non-hydrogen) atoms. The summed E-state index contributed by atoms with van der Waals surface area (Å²) in [4.78, 5) is 10.5. The van der Waals surface area contributed by atoms with Gasteiger partial charge in [0.05, 0.1) is 18.7 Å². The van der Waals surface area contributed by atoms with Crippen LogP contribution in [0.2, 0.25) is 0 Å². The summed E-state index contributed by atoms with van der Waals surface area (Å²) in [6.07, 6.45) is 1.48. The Morgan fingerprint density at radius 3 is 2.90 bits per heavy atom. The molecule has 0 aliphatic carbocycles. The highest BCUT2D eigenvalue weighted by Gasteiger charge is 2.12. The highest BCUT2D eigenvalue weighted by Crippen LogP contribution is 2.24. The first-order chi connectivity index (χ1) is 10.2. The van der Waals surface area contributed by atoms with Gasteiger partial charge in [-0.2, -0.15) is 0 Å². The first-order valence-corrected chi connectivity index (χ1v) is 7.08. The lowest BCUT2D eigenvalue weighted by Crippen LogP contribution is -2.38. The molecule has 1 aliphatic heterocycles. The minimum absolute atomic E-state index is 0.244. The molecule has 1 aliphatic rings. The standard InChI is InChI=1S/C15H18FN3O2/c1-11-12-8-13(16)15(9-14(12)18-10-17-11)21-7-4-19-2-5-20-6-3-19/h8-10H,2-7H2,1H3. The Morgan fingerprint density at radius 2 is 2.10 bits per heavy atom. The maximum atomic E-state index is 14.1.